The lowest BCUT2D eigenvalue weighted by Crippen LogP contribution is -2.29. The lowest BCUT2D eigenvalue weighted by molar-refractivity contribution is 0.0952. The summed E-state index contributed by atoms with van der Waals surface area (Å²) in [5.74, 6) is -0.486. The van der Waals surface area contributed by atoms with E-state index in [9.17, 15) is 18.0 Å². The second-order valence-corrected chi connectivity index (χ2v) is 8.78. The van der Waals surface area contributed by atoms with Gasteiger partial charge in [-0.05, 0) is 49.2 Å². The van der Waals surface area contributed by atoms with Gasteiger partial charge >= 0.3 is 0 Å². The Bertz CT molecular complexity index is 1230. The van der Waals surface area contributed by atoms with E-state index in [0.29, 0.717) is 17.7 Å². The molecule has 0 unspecified atom stereocenters. The third kappa shape index (κ3) is 4.02. The van der Waals surface area contributed by atoms with Crippen LogP contribution >= 0.6 is 0 Å². The van der Waals surface area contributed by atoms with Crippen LogP contribution in [0.25, 0.3) is 10.9 Å². The van der Waals surface area contributed by atoms with Crippen molar-refractivity contribution in [1.82, 2.24) is 10.3 Å². The van der Waals surface area contributed by atoms with Gasteiger partial charge in [0.25, 0.3) is 15.9 Å². The number of pyridine rings is 1. The Labute approximate surface area is 169 Å². The quantitative estimate of drug-likeness (QED) is 0.649. The van der Waals surface area contributed by atoms with Crippen LogP contribution in [0.3, 0.4) is 0 Å². The van der Waals surface area contributed by atoms with Crippen molar-refractivity contribution in [2.45, 2.75) is 25.2 Å². The van der Waals surface area contributed by atoms with Gasteiger partial charge in [-0.1, -0.05) is 19.1 Å². The molecule has 2 aromatic carbocycles. The van der Waals surface area contributed by atoms with Crippen molar-refractivity contribution in [3.05, 3.63) is 70.0 Å². The molecule has 1 heterocycles. The van der Waals surface area contributed by atoms with Crippen LogP contribution in [0.15, 0.2) is 58.4 Å². The predicted molar refractivity (Wildman–Crippen MR) is 114 cm³/mol. The monoisotopic (exact) mass is 413 g/mol. The van der Waals surface area contributed by atoms with Gasteiger partial charge in [0.05, 0.1) is 10.6 Å². The fourth-order valence-electron chi connectivity index (χ4n) is 2.98. The fourth-order valence-corrected chi connectivity index (χ4v) is 4.20. The van der Waals surface area contributed by atoms with E-state index in [1.807, 2.05) is 19.9 Å². The van der Waals surface area contributed by atoms with Crippen LogP contribution < -0.4 is 15.1 Å². The molecule has 0 saturated carbocycles. The van der Waals surface area contributed by atoms with E-state index in [1.54, 1.807) is 18.2 Å². The number of benzene rings is 2. The smallest absolute Gasteiger partial charge is 0.264 e. The van der Waals surface area contributed by atoms with Crippen LogP contribution in [0, 0.1) is 6.92 Å². The molecule has 0 fully saturated rings. The lowest BCUT2D eigenvalue weighted by Gasteiger charge is -2.20. The molecule has 3 aromatic rings. The molecule has 0 saturated heterocycles. The minimum atomic E-state index is -3.88. The van der Waals surface area contributed by atoms with E-state index in [2.05, 4.69) is 10.3 Å². The van der Waals surface area contributed by atoms with Crippen molar-refractivity contribution in [1.29, 1.82) is 0 Å². The topological polar surface area (TPSA) is 99.3 Å². The Balaban J connectivity index is 2.07. The molecule has 29 heavy (non-hydrogen) atoms. The van der Waals surface area contributed by atoms with Crippen LogP contribution in [-0.2, 0) is 10.0 Å². The van der Waals surface area contributed by atoms with Gasteiger partial charge in [-0.15, -0.1) is 0 Å². The zero-order valence-electron chi connectivity index (χ0n) is 16.5. The van der Waals surface area contributed by atoms with Gasteiger partial charge in [0.1, 0.15) is 5.56 Å². The van der Waals surface area contributed by atoms with Gasteiger partial charge < -0.3 is 10.3 Å². The minimum absolute atomic E-state index is 0.0226. The van der Waals surface area contributed by atoms with Crippen LogP contribution in [0.2, 0.25) is 0 Å². The van der Waals surface area contributed by atoms with Crippen molar-refractivity contribution in [2.24, 2.45) is 0 Å². The molecular weight excluding hydrogens is 390 g/mol. The first-order valence-electron chi connectivity index (χ1n) is 9.25. The summed E-state index contributed by atoms with van der Waals surface area (Å²) in [6.07, 6.45) is 2.09. The fraction of sp³-hybridized carbons (Fsp3) is 0.238. The Morgan fingerprint density at radius 3 is 2.62 bits per heavy atom. The van der Waals surface area contributed by atoms with Gasteiger partial charge in [0.2, 0.25) is 5.43 Å². The third-order valence-electron chi connectivity index (χ3n) is 4.66. The zero-order valence-corrected chi connectivity index (χ0v) is 17.3. The van der Waals surface area contributed by atoms with Crippen LogP contribution in [0.4, 0.5) is 5.69 Å². The standard InChI is InChI=1S/C21H23N3O4S/c1-4-10-22-21(26)18-13-23-19-9-8-16(12-17(19)20(18)25)29(27,28)24(3)15-7-5-6-14(2)11-15/h5-9,11-13H,4,10H2,1-3H3,(H,22,26)(H,23,25). The molecule has 0 spiro atoms. The van der Waals surface area contributed by atoms with E-state index in [-0.39, 0.29) is 15.8 Å². The SMILES string of the molecule is CCCNC(=O)c1c[nH]c2ccc(S(=O)(=O)N(C)c3cccc(C)c3)cc2c1=O. The Hall–Kier alpha value is -3.13. The average Bonchev–Trinajstić information content (AvgIpc) is 2.71. The third-order valence-corrected chi connectivity index (χ3v) is 6.44. The number of anilines is 1. The molecule has 1 aromatic heterocycles. The number of fused-ring (bicyclic) bond motifs is 1. The summed E-state index contributed by atoms with van der Waals surface area (Å²) in [4.78, 5) is 27.9. The number of nitrogens with zero attached hydrogens (tertiary/aromatic N) is 1. The predicted octanol–water partition coefficient (Wildman–Crippen LogP) is 2.80. The van der Waals surface area contributed by atoms with E-state index in [0.717, 1.165) is 12.0 Å². The molecular formula is C21H23N3O4S. The second kappa shape index (κ2) is 8.08. The molecule has 8 heteroatoms. The number of sulfonamides is 1. The van der Waals surface area contributed by atoms with Crippen molar-refractivity contribution in [2.75, 3.05) is 17.9 Å². The Morgan fingerprint density at radius 1 is 1.17 bits per heavy atom. The molecule has 0 aliphatic carbocycles. The highest BCUT2D eigenvalue weighted by molar-refractivity contribution is 7.92. The number of carbonyl (C=O) groups excluding carboxylic acids is 1. The molecule has 0 atom stereocenters. The molecule has 1 amide bonds. The number of aryl methyl sites for hydroxylation is 1. The molecule has 0 bridgehead atoms. The summed E-state index contributed by atoms with van der Waals surface area (Å²) < 4.78 is 27.4. The van der Waals surface area contributed by atoms with Gasteiger partial charge in [0, 0.05) is 30.7 Å². The summed E-state index contributed by atoms with van der Waals surface area (Å²) in [6.45, 7) is 4.24. The van der Waals surface area contributed by atoms with E-state index in [1.165, 1.54) is 35.7 Å². The Kier molecular flexibility index (Phi) is 5.74. The van der Waals surface area contributed by atoms with Crippen LogP contribution in [0.5, 0.6) is 0 Å². The van der Waals surface area contributed by atoms with Crippen molar-refractivity contribution >= 4 is 32.5 Å². The molecule has 7 nitrogen and oxygen atoms in total. The summed E-state index contributed by atoms with van der Waals surface area (Å²) in [5, 5.41) is 2.80. The average molecular weight is 413 g/mol. The van der Waals surface area contributed by atoms with Crippen molar-refractivity contribution < 1.29 is 13.2 Å². The van der Waals surface area contributed by atoms with Gasteiger partial charge in [-0.3, -0.25) is 13.9 Å². The molecule has 3 rings (SSSR count). The number of hydrogen-bond donors (Lipinski definition) is 2. The maximum absolute atomic E-state index is 13.1. The molecule has 0 radical (unpaired) electrons. The summed E-state index contributed by atoms with van der Waals surface area (Å²) in [6, 6.07) is 11.4. The number of aromatic nitrogens is 1. The molecule has 0 aliphatic rings. The Morgan fingerprint density at radius 2 is 1.93 bits per heavy atom. The van der Waals surface area contributed by atoms with Crippen LogP contribution in [0.1, 0.15) is 29.3 Å². The maximum atomic E-state index is 13.1. The molecule has 0 aliphatic heterocycles. The number of hydrogen-bond acceptors (Lipinski definition) is 4. The number of aromatic amines is 1. The molecule has 152 valence electrons. The van der Waals surface area contributed by atoms with Crippen molar-refractivity contribution in [3.63, 3.8) is 0 Å². The first kappa shape index (κ1) is 20.6. The van der Waals surface area contributed by atoms with Gasteiger partial charge in [-0.2, -0.15) is 0 Å². The summed E-state index contributed by atoms with van der Waals surface area (Å²) >= 11 is 0. The van der Waals surface area contributed by atoms with E-state index >= 15 is 0 Å². The zero-order chi connectivity index (χ0) is 21.2. The maximum Gasteiger partial charge on any atom is 0.264 e. The number of rotatable bonds is 6. The van der Waals surface area contributed by atoms with Crippen LogP contribution in [-0.4, -0.2) is 32.9 Å². The largest absolute Gasteiger partial charge is 0.360 e. The number of carbonyl (C=O) groups is 1. The van der Waals surface area contributed by atoms with Crippen molar-refractivity contribution in [3.8, 4) is 0 Å². The highest BCUT2D eigenvalue weighted by Crippen LogP contribution is 2.24. The van der Waals surface area contributed by atoms with E-state index < -0.39 is 21.4 Å². The number of amides is 1. The minimum Gasteiger partial charge on any atom is -0.360 e. The van der Waals surface area contributed by atoms with Gasteiger partial charge in [0.15, 0.2) is 0 Å². The number of nitrogens with one attached hydrogen (secondary N) is 2. The lowest BCUT2D eigenvalue weighted by atomic mass is 10.1. The first-order chi connectivity index (χ1) is 13.8. The summed E-state index contributed by atoms with van der Waals surface area (Å²) in [5.41, 5.74) is 1.35. The highest BCUT2D eigenvalue weighted by atomic mass is 32.2. The normalized spacial score (nSPS) is 11.4. The van der Waals surface area contributed by atoms with E-state index in [4.69, 9.17) is 0 Å². The summed E-state index contributed by atoms with van der Waals surface area (Å²) in [7, 11) is -2.42. The second-order valence-electron chi connectivity index (χ2n) is 6.81. The highest BCUT2D eigenvalue weighted by Gasteiger charge is 2.23. The number of H-pyrrole nitrogens is 1. The first-order valence-corrected chi connectivity index (χ1v) is 10.7. The van der Waals surface area contributed by atoms with Gasteiger partial charge in [-0.25, -0.2) is 8.42 Å². The molecule has 2 N–H and O–H groups in total.